The number of para-hydroxylation sites is 1. The van der Waals surface area contributed by atoms with Crippen LogP contribution in [-0.2, 0) is 10.1 Å². The van der Waals surface area contributed by atoms with Crippen LogP contribution in [0.4, 0.5) is 5.69 Å². The van der Waals surface area contributed by atoms with Crippen molar-refractivity contribution in [2.45, 2.75) is 24.1 Å². The van der Waals surface area contributed by atoms with Crippen LogP contribution >= 0.6 is 11.8 Å². The maximum atomic E-state index is 11.0. The van der Waals surface area contributed by atoms with Crippen molar-refractivity contribution in [1.29, 1.82) is 10.7 Å². The van der Waals surface area contributed by atoms with E-state index in [9.17, 15) is 23.3 Å². The molecule has 1 heterocycles. The van der Waals surface area contributed by atoms with Gasteiger partial charge in [-0.05, 0) is 25.1 Å². The largest absolute Gasteiger partial charge is 1.00 e. The minimum atomic E-state index is -4.34. The molecule has 28 heavy (non-hydrogen) atoms. The number of anilines is 1. The quantitative estimate of drug-likeness (QED) is 0.481. The number of hydrogen-bond donors (Lipinski definition) is 2. The van der Waals surface area contributed by atoms with Crippen LogP contribution in [0.15, 0.2) is 53.3 Å². The van der Waals surface area contributed by atoms with Gasteiger partial charge in [-0.3, -0.25) is 5.41 Å². The Hall–Kier alpha value is -1.28. The van der Waals surface area contributed by atoms with Crippen molar-refractivity contribution in [1.82, 2.24) is 0 Å². The van der Waals surface area contributed by atoms with Crippen LogP contribution in [0.25, 0.3) is 0 Å². The third-order valence-corrected chi connectivity index (χ3v) is 7.28. The summed E-state index contributed by atoms with van der Waals surface area (Å²) in [5.41, 5.74) is 0.608. The first kappa shape index (κ1) is 23.0. The SMILES string of the molecule is C[C@]12C(=C(C#N)C(=N)N1c1ccccc1)C=C(O)C[C@@H]2SCCS(=O)(=O)[O-].[Na+]. The molecule has 2 atom stereocenters. The molecule has 1 aliphatic heterocycles. The molecule has 0 saturated carbocycles. The topological polar surface area (TPSA) is 128 Å². The molecule has 2 N–H and O–H groups in total. The number of amidine groups is 1. The summed E-state index contributed by atoms with van der Waals surface area (Å²) in [6.07, 6.45) is 1.77. The van der Waals surface area contributed by atoms with Crippen molar-refractivity contribution < 1.29 is 47.6 Å². The summed E-state index contributed by atoms with van der Waals surface area (Å²) in [4.78, 5) is 1.74. The molecule has 1 aromatic carbocycles. The fourth-order valence-corrected chi connectivity index (χ4v) is 5.93. The monoisotopic (exact) mass is 427 g/mol. The fraction of sp³-hybridized carbons (Fsp3) is 0.333. The Kier molecular flexibility index (Phi) is 7.08. The van der Waals surface area contributed by atoms with E-state index in [0.29, 0.717) is 5.57 Å². The first-order valence-corrected chi connectivity index (χ1v) is 10.8. The zero-order chi connectivity index (χ0) is 19.8. The zero-order valence-electron chi connectivity index (χ0n) is 15.5. The molecule has 2 aliphatic rings. The minimum absolute atomic E-state index is 0. The number of thioether (sulfide) groups is 1. The van der Waals surface area contributed by atoms with Gasteiger partial charge in [0.2, 0.25) is 0 Å². The second kappa shape index (κ2) is 8.61. The molecule has 0 saturated heterocycles. The Labute approximate surface area is 190 Å². The van der Waals surface area contributed by atoms with Gasteiger partial charge in [0.15, 0.2) is 0 Å². The fourth-order valence-electron chi connectivity index (χ4n) is 3.60. The summed E-state index contributed by atoms with van der Waals surface area (Å²) in [5.74, 6) is -0.332. The summed E-state index contributed by atoms with van der Waals surface area (Å²) in [5, 5.41) is 28.0. The molecule has 0 aromatic heterocycles. The van der Waals surface area contributed by atoms with Crippen molar-refractivity contribution >= 4 is 33.4 Å². The van der Waals surface area contributed by atoms with Gasteiger partial charge in [0, 0.05) is 34.4 Å². The van der Waals surface area contributed by atoms with Crippen LogP contribution in [0.1, 0.15) is 13.3 Å². The first-order chi connectivity index (χ1) is 12.7. The smallest absolute Gasteiger partial charge is 0.748 e. The summed E-state index contributed by atoms with van der Waals surface area (Å²) in [7, 11) is -4.34. The third kappa shape index (κ3) is 4.17. The second-order valence-electron chi connectivity index (χ2n) is 6.53. The van der Waals surface area contributed by atoms with Gasteiger partial charge in [-0.2, -0.15) is 17.0 Å². The first-order valence-electron chi connectivity index (χ1n) is 8.22. The summed E-state index contributed by atoms with van der Waals surface area (Å²) in [6.45, 7) is 1.88. The van der Waals surface area contributed by atoms with Gasteiger partial charge in [0.05, 0.1) is 21.4 Å². The van der Waals surface area contributed by atoms with E-state index >= 15 is 0 Å². The van der Waals surface area contributed by atoms with E-state index in [1.165, 1.54) is 17.8 Å². The summed E-state index contributed by atoms with van der Waals surface area (Å²) in [6, 6.07) is 11.2. The molecular weight excluding hydrogens is 409 g/mol. The van der Waals surface area contributed by atoms with Gasteiger partial charge in [0.25, 0.3) is 0 Å². The number of aliphatic hydroxyl groups excluding tert-OH is 1. The molecule has 0 radical (unpaired) electrons. The van der Waals surface area contributed by atoms with Crippen LogP contribution in [0.3, 0.4) is 0 Å². The van der Waals surface area contributed by atoms with Gasteiger partial charge in [-0.1, -0.05) is 18.2 Å². The molecule has 0 bridgehead atoms. The van der Waals surface area contributed by atoms with Gasteiger partial charge >= 0.3 is 29.6 Å². The van der Waals surface area contributed by atoms with Gasteiger partial charge in [0.1, 0.15) is 17.5 Å². The molecule has 1 aromatic rings. The van der Waals surface area contributed by atoms with Crippen LogP contribution in [-0.4, -0.2) is 46.2 Å². The molecule has 7 nitrogen and oxygen atoms in total. The molecule has 0 spiro atoms. The van der Waals surface area contributed by atoms with Crippen LogP contribution < -0.4 is 34.5 Å². The maximum absolute atomic E-state index is 11.0. The Morgan fingerprint density at radius 2 is 2.07 bits per heavy atom. The van der Waals surface area contributed by atoms with Gasteiger partial charge < -0.3 is 14.6 Å². The Bertz CT molecular complexity index is 986. The number of hydrogen-bond acceptors (Lipinski definition) is 7. The third-order valence-electron chi connectivity index (χ3n) is 4.85. The van der Waals surface area contributed by atoms with Crippen LogP contribution in [0.2, 0.25) is 0 Å². The number of nitrogens with zero attached hydrogens (tertiary/aromatic N) is 2. The molecule has 3 rings (SSSR count). The van der Waals surface area contributed by atoms with E-state index in [4.69, 9.17) is 5.41 Å². The standard InChI is InChI=1S/C18H19N3O4S2.Na/c1-18-15(9-13(22)10-16(18)26-7-8-27(23,24)25)14(11-19)17(20)21(18)12-5-3-2-4-6-12;/h2-6,9,16,20,22H,7-8,10H2,1H3,(H,23,24,25);/q;+1/p-1/t16-,18+;/m0./s1. The molecule has 142 valence electrons. The number of rotatable bonds is 5. The number of allylic oxidation sites excluding steroid dienone is 1. The van der Waals surface area contributed by atoms with Gasteiger partial charge in [-0.25, -0.2) is 8.42 Å². The minimum Gasteiger partial charge on any atom is -0.748 e. The normalized spacial score (nSPS) is 24.3. The van der Waals surface area contributed by atoms with E-state index in [2.05, 4.69) is 6.07 Å². The van der Waals surface area contributed by atoms with E-state index in [1.807, 2.05) is 37.3 Å². The number of aliphatic hydroxyl groups is 1. The number of fused-ring (bicyclic) bond motifs is 1. The number of nitriles is 1. The van der Waals surface area contributed by atoms with Crippen LogP contribution in [0.5, 0.6) is 0 Å². The summed E-state index contributed by atoms with van der Waals surface area (Å²) < 4.78 is 32.9. The van der Waals surface area contributed by atoms with E-state index < -0.39 is 21.4 Å². The molecular formula is C18H18N3NaO4S2. The average molecular weight is 427 g/mol. The van der Waals surface area contributed by atoms with E-state index in [0.717, 1.165) is 5.69 Å². The Balaban J connectivity index is 0.00000280. The van der Waals surface area contributed by atoms with Crippen molar-refractivity contribution in [3.63, 3.8) is 0 Å². The van der Waals surface area contributed by atoms with Crippen molar-refractivity contribution in [3.05, 3.63) is 53.3 Å². The van der Waals surface area contributed by atoms with E-state index in [-0.39, 0.29) is 64.1 Å². The molecule has 1 aliphatic carbocycles. The predicted octanol–water partition coefficient (Wildman–Crippen LogP) is -0.441. The molecule has 0 unspecified atom stereocenters. The maximum Gasteiger partial charge on any atom is 1.00 e. The zero-order valence-corrected chi connectivity index (χ0v) is 19.2. The second-order valence-corrected chi connectivity index (χ2v) is 9.36. The summed E-state index contributed by atoms with van der Waals surface area (Å²) >= 11 is 1.25. The number of nitrogens with one attached hydrogen (secondary N) is 1. The Morgan fingerprint density at radius 3 is 2.64 bits per heavy atom. The Morgan fingerprint density at radius 1 is 1.43 bits per heavy atom. The molecule has 10 heteroatoms. The predicted molar refractivity (Wildman–Crippen MR) is 104 cm³/mol. The van der Waals surface area contributed by atoms with Gasteiger partial charge in [-0.15, -0.1) is 0 Å². The van der Waals surface area contributed by atoms with Crippen LogP contribution in [0, 0.1) is 16.7 Å². The van der Waals surface area contributed by atoms with Crippen molar-refractivity contribution in [3.8, 4) is 6.07 Å². The van der Waals surface area contributed by atoms with Crippen molar-refractivity contribution in [2.75, 3.05) is 16.4 Å². The van der Waals surface area contributed by atoms with E-state index in [1.54, 1.807) is 4.90 Å². The van der Waals surface area contributed by atoms with Crippen molar-refractivity contribution in [2.24, 2.45) is 0 Å². The molecule has 0 amide bonds. The average Bonchev–Trinajstić information content (AvgIpc) is 2.81. The molecule has 0 fully saturated rings. The number of benzene rings is 1.